The molecule has 68 valence electrons. The van der Waals surface area contributed by atoms with Crippen LogP contribution in [-0.4, -0.2) is 25.5 Å². The minimum atomic E-state index is 0.241. The van der Waals surface area contributed by atoms with E-state index in [1.807, 2.05) is 0 Å². The SMILES string of the molecule is O=C1C[C@H]([C@@H]2CCCNC2)CN1. The van der Waals surface area contributed by atoms with Crippen molar-refractivity contribution < 1.29 is 4.79 Å². The Balaban J connectivity index is 1.86. The van der Waals surface area contributed by atoms with Crippen molar-refractivity contribution in [2.45, 2.75) is 19.3 Å². The second kappa shape index (κ2) is 3.44. The topological polar surface area (TPSA) is 41.1 Å². The van der Waals surface area contributed by atoms with Gasteiger partial charge in [0, 0.05) is 13.0 Å². The van der Waals surface area contributed by atoms with Crippen LogP contribution in [0.15, 0.2) is 0 Å². The zero-order chi connectivity index (χ0) is 8.39. The van der Waals surface area contributed by atoms with Gasteiger partial charge in [0.2, 0.25) is 5.91 Å². The third-order valence-corrected chi connectivity index (χ3v) is 3.01. The van der Waals surface area contributed by atoms with Crippen molar-refractivity contribution in [3.8, 4) is 0 Å². The summed E-state index contributed by atoms with van der Waals surface area (Å²) in [6, 6.07) is 0. The summed E-state index contributed by atoms with van der Waals surface area (Å²) in [6.45, 7) is 3.18. The average molecular weight is 168 g/mol. The lowest BCUT2D eigenvalue weighted by Crippen LogP contribution is -2.34. The fraction of sp³-hybridized carbons (Fsp3) is 0.889. The van der Waals surface area contributed by atoms with E-state index in [4.69, 9.17) is 0 Å². The van der Waals surface area contributed by atoms with E-state index in [-0.39, 0.29) is 5.91 Å². The number of hydrogen-bond acceptors (Lipinski definition) is 2. The Morgan fingerprint density at radius 3 is 2.75 bits per heavy atom. The van der Waals surface area contributed by atoms with Gasteiger partial charge >= 0.3 is 0 Å². The lowest BCUT2D eigenvalue weighted by molar-refractivity contribution is -0.119. The molecule has 2 fully saturated rings. The van der Waals surface area contributed by atoms with Gasteiger partial charge in [-0.05, 0) is 37.8 Å². The summed E-state index contributed by atoms with van der Waals surface area (Å²) in [4.78, 5) is 11.0. The summed E-state index contributed by atoms with van der Waals surface area (Å²) in [5.41, 5.74) is 0. The number of hydrogen-bond donors (Lipinski definition) is 2. The van der Waals surface area contributed by atoms with Crippen molar-refractivity contribution in [2.24, 2.45) is 11.8 Å². The van der Waals surface area contributed by atoms with Crippen LogP contribution in [0.3, 0.4) is 0 Å². The highest BCUT2D eigenvalue weighted by Gasteiger charge is 2.29. The second-order valence-electron chi connectivity index (χ2n) is 3.87. The molecule has 2 saturated heterocycles. The Bertz CT molecular complexity index is 175. The molecule has 0 aromatic rings. The van der Waals surface area contributed by atoms with E-state index < -0.39 is 0 Å². The molecule has 0 aromatic heterocycles. The van der Waals surface area contributed by atoms with Crippen LogP contribution in [0.1, 0.15) is 19.3 Å². The number of nitrogens with one attached hydrogen (secondary N) is 2. The predicted octanol–water partition coefficient (Wildman–Crippen LogP) is 0.122. The van der Waals surface area contributed by atoms with Crippen molar-refractivity contribution in [3.05, 3.63) is 0 Å². The number of carbonyl (C=O) groups excluding carboxylic acids is 1. The summed E-state index contributed by atoms with van der Waals surface area (Å²) in [7, 11) is 0. The fourth-order valence-corrected chi connectivity index (χ4v) is 2.24. The van der Waals surface area contributed by atoms with Crippen LogP contribution in [0.25, 0.3) is 0 Å². The first-order chi connectivity index (χ1) is 5.86. The molecular formula is C9H16N2O. The summed E-state index contributed by atoms with van der Waals surface area (Å²) in [5, 5.41) is 6.29. The third kappa shape index (κ3) is 1.61. The molecule has 0 spiro atoms. The van der Waals surface area contributed by atoms with E-state index in [0.717, 1.165) is 32.0 Å². The zero-order valence-corrected chi connectivity index (χ0v) is 7.31. The van der Waals surface area contributed by atoms with E-state index in [0.29, 0.717) is 5.92 Å². The van der Waals surface area contributed by atoms with Gasteiger partial charge in [0.05, 0.1) is 0 Å². The van der Waals surface area contributed by atoms with Crippen molar-refractivity contribution in [1.82, 2.24) is 10.6 Å². The highest BCUT2D eigenvalue weighted by molar-refractivity contribution is 5.78. The molecular weight excluding hydrogens is 152 g/mol. The zero-order valence-electron chi connectivity index (χ0n) is 7.31. The van der Waals surface area contributed by atoms with Crippen LogP contribution < -0.4 is 10.6 Å². The Morgan fingerprint density at radius 2 is 2.17 bits per heavy atom. The van der Waals surface area contributed by atoms with Crippen LogP contribution in [0.4, 0.5) is 0 Å². The first-order valence-corrected chi connectivity index (χ1v) is 4.83. The minimum absolute atomic E-state index is 0.241. The number of piperidine rings is 1. The molecule has 0 radical (unpaired) electrons. The molecule has 0 unspecified atom stereocenters. The van der Waals surface area contributed by atoms with Gasteiger partial charge < -0.3 is 10.6 Å². The molecule has 0 saturated carbocycles. The van der Waals surface area contributed by atoms with Crippen LogP contribution in [0.5, 0.6) is 0 Å². The van der Waals surface area contributed by atoms with Crippen LogP contribution in [0, 0.1) is 11.8 Å². The molecule has 1 amide bonds. The number of amides is 1. The normalized spacial score (nSPS) is 36.5. The Hall–Kier alpha value is -0.570. The van der Waals surface area contributed by atoms with Gasteiger partial charge in [0.15, 0.2) is 0 Å². The standard InChI is InChI=1S/C9H16N2O/c12-9-4-8(6-11-9)7-2-1-3-10-5-7/h7-8,10H,1-6H2,(H,11,12)/t7-,8+/m1/s1. The first-order valence-electron chi connectivity index (χ1n) is 4.83. The Morgan fingerprint density at radius 1 is 1.25 bits per heavy atom. The van der Waals surface area contributed by atoms with Crippen LogP contribution >= 0.6 is 0 Å². The minimum Gasteiger partial charge on any atom is -0.356 e. The largest absolute Gasteiger partial charge is 0.356 e. The monoisotopic (exact) mass is 168 g/mol. The summed E-state index contributed by atoms with van der Waals surface area (Å²) in [6.07, 6.45) is 3.33. The molecule has 3 nitrogen and oxygen atoms in total. The molecule has 2 atom stereocenters. The van der Waals surface area contributed by atoms with Gasteiger partial charge in [-0.2, -0.15) is 0 Å². The molecule has 2 aliphatic heterocycles. The molecule has 0 aliphatic carbocycles. The van der Waals surface area contributed by atoms with Gasteiger partial charge in [-0.3, -0.25) is 4.79 Å². The van der Waals surface area contributed by atoms with Gasteiger partial charge in [0.25, 0.3) is 0 Å². The number of carbonyl (C=O) groups is 1. The van der Waals surface area contributed by atoms with Crippen LogP contribution in [-0.2, 0) is 4.79 Å². The van der Waals surface area contributed by atoms with Crippen molar-refractivity contribution in [3.63, 3.8) is 0 Å². The lowest BCUT2D eigenvalue weighted by atomic mass is 9.86. The molecule has 2 rings (SSSR count). The third-order valence-electron chi connectivity index (χ3n) is 3.01. The van der Waals surface area contributed by atoms with E-state index in [9.17, 15) is 4.79 Å². The molecule has 12 heavy (non-hydrogen) atoms. The molecule has 2 N–H and O–H groups in total. The van der Waals surface area contributed by atoms with E-state index in [1.165, 1.54) is 12.8 Å². The fourth-order valence-electron chi connectivity index (χ4n) is 2.24. The van der Waals surface area contributed by atoms with Crippen molar-refractivity contribution >= 4 is 5.91 Å². The maximum Gasteiger partial charge on any atom is 0.220 e. The smallest absolute Gasteiger partial charge is 0.220 e. The Labute approximate surface area is 72.9 Å². The summed E-state index contributed by atoms with van der Waals surface area (Å²) < 4.78 is 0. The van der Waals surface area contributed by atoms with Crippen molar-refractivity contribution in [2.75, 3.05) is 19.6 Å². The summed E-state index contributed by atoms with van der Waals surface area (Å²) >= 11 is 0. The van der Waals surface area contributed by atoms with Gasteiger partial charge in [-0.1, -0.05) is 0 Å². The summed E-state index contributed by atoms with van der Waals surface area (Å²) in [5.74, 6) is 1.58. The maximum atomic E-state index is 11.0. The first kappa shape index (κ1) is 8.05. The van der Waals surface area contributed by atoms with Crippen molar-refractivity contribution in [1.29, 1.82) is 0 Å². The number of rotatable bonds is 1. The van der Waals surface area contributed by atoms with E-state index in [2.05, 4.69) is 10.6 Å². The Kier molecular flexibility index (Phi) is 2.30. The maximum absolute atomic E-state index is 11.0. The van der Waals surface area contributed by atoms with E-state index in [1.54, 1.807) is 0 Å². The predicted molar refractivity (Wildman–Crippen MR) is 46.7 cm³/mol. The van der Waals surface area contributed by atoms with E-state index >= 15 is 0 Å². The highest BCUT2D eigenvalue weighted by atomic mass is 16.1. The van der Waals surface area contributed by atoms with Gasteiger partial charge in [-0.25, -0.2) is 0 Å². The molecule has 2 heterocycles. The van der Waals surface area contributed by atoms with Crippen LogP contribution in [0.2, 0.25) is 0 Å². The quantitative estimate of drug-likeness (QED) is 0.584. The molecule has 0 aromatic carbocycles. The molecule has 0 bridgehead atoms. The molecule has 2 aliphatic rings. The lowest BCUT2D eigenvalue weighted by Gasteiger charge is -2.26. The van der Waals surface area contributed by atoms with Gasteiger partial charge in [0.1, 0.15) is 0 Å². The average Bonchev–Trinajstić information content (AvgIpc) is 2.54. The van der Waals surface area contributed by atoms with Gasteiger partial charge in [-0.15, -0.1) is 0 Å². The second-order valence-corrected chi connectivity index (χ2v) is 3.87. The highest BCUT2D eigenvalue weighted by Crippen LogP contribution is 2.24. The molecule has 3 heteroatoms.